The number of carbonyl (C=O) groups excluding carboxylic acids is 1. The highest BCUT2D eigenvalue weighted by molar-refractivity contribution is 5.92. The standard InChI is InChI=1S/C7H4N2O2/c1-5(3-8)7(10)11-6(2)4-9/h1-2H2. The van der Waals surface area contributed by atoms with Gasteiger partial charge < -0.3 is 4.74 Å². The molecule has 0 bridgehead atoms. The van der Waals surface area contributed by atoms with Crippen molar-refractivity contribution in [1.82, 2.24) is 0 Å². The second-order valence-corrected chi connectivity index (χ2v) is 1.51. The lowest BCUT2D eigenvalue weighted by Gasteiger charge is -1.95. The Balaban J connectivity index is 4.15. The molecule has 0 rings (SSSR count). The summed E-state index contributed by atoms with van der Waals surface area (Å²) in [4.78, 5) is 10.6. The van der Waals surface area contributed by atoms with E-state index in [0.29, 0.717) is 0 Å². The van der Waals surface area contributed by atoms with Crippen LogP contribution in [0.5, 0.6) is 0 Å². The maximum Gasteiger partial charge on any atom is 0.354 e. The van der Waals surface area contributed by atoms with Crippen molar-refractivity contribution in [3.05, 3.63) is 24.5 Å². The van der Waals surface area contributed by atoms with Gasteiger partial charge in [-0.25, -0.2) is 4.79 Å². The molecule has 0 heterocycles. The van der Waals surface area contributed by atoms with Gasteiger partial charge in [-0.3, -0.25) is 0 Å². The van der Waals surface area contributed by atoms with E-state index in [2.05, 4.69) is 17.9 Å². The number of esters is 1. The van der Waals surface area contributed by atoms with Crippen LogP contribution in [0.2, 0.25) is 0 Å². The Bertz CT molecular complexity index is 291. The van der Waals surface area contributed by atoms with Gasteiger partial charge in [0.15, 0.2) is 0 Å². The maximum atomic E-state index is 10.6. The normalized spacial score (nSPS) is 7.09. The van der Waals surface area contributed by atoms with Gasteiger partial charge in [-0.2, -0.15) is 10.5 Å². The molecule has 4 heteroatoms. The van der Waals surface area contributed by atoms with E-state index in [-0.39, 0.29) is 11.3 Å². The van der Waals surface area contributed by atoms with Crippen molar-refractivity contribution in [3.63, 3.8) is 0 Å². The maximum absolute atomic E-state index is 10.6. The molecule has 0 atom stereocenters. The van der Waals surface area contributed by atoms with Crippen molar-refractivity contribution in [3.8, 4) is 12.1 Å². The van der Waals surface area contributed by atoms with E-state index < -0.39 is 5.97 Å². The molecule has 0 spiro atoms. The lowest BCUT2D eigenvalue weighted by molar-refractivity contribution is -0.133. The fourth-order valence-corrected chi connectivity index (χ4v) is 0.242. The number of carbonyl (C=O) groups is 1. The second kappa shape index (κ2) is 3.86. The van der Waals surface area contributed by atoms with Crippen LogP contribution in [0.4, 0.5) is 0 Å². The van der Waals surface area contributed by atoms with Gasteiger partial charge in [0.2, 0.25) is 5.76 Å². The zero-order chi connectivity index (χ0) is 8.85. The predicted molar refractivity (Wildman–Crippen MR) is 35.6 cm³/mol. The molecule has 0 unspecified atom stereocenters. The van der Waals surface area contributed by atoms with E-state index >= 15 is 0 Å². The highest BCUT2D eigenvalue weighted by Crippen LogP contribution is 1.97. The molecule has 0 aliphatic carbocycles. The fourth-order valence-electron chi connectivity index (χ4n) is 0.242. The molecular formula is C7H4N2O2. The number of nitrogens with zero attached hydrogens (tertiary/aromatic N) is 2. The number of hydrogen-bond acceptors (Lipinski definition) is 4. The fraction of sp³-hybridized carbons (Fsp3) is 0. The van der Waals surface area contributed by atoms with Gasteiger partial charge in [-0.05, 0) is 6.58 Å². The molecule has 0 aromatic heterocycles. The molecule has 0 radical (unpaired) electrons. The topological polar surface area (TPSA) is 73.9 Å². The molecule has 0 amide bonds. The summed E-state index contributed by atoms with van der Waals surface area (Å²) in [5, 5.41) is 16.2. The third-order valence-corrected chi connectivity index (χ3v) is 0.722. The van der Waals surface area contributed by atoms with Gasteiger partial charge >= 0.3 is 5.97 Å². The first-order valence-electron chi connectivity index (χ1n) is 2.52. The third kappa shape index (κ3) is 2.83. The lowest BCUT2D eigenvalue weighted by atomic mass is 10.3. The van der Waals surface area contributed by atoms with Crippen LogP contribution in [0.15, 0.2) is 24.5 Å². The van der Waals surface area contributed by atoms with Gasteiger partial charge in [-0.15, -0.1) is 0 Å². The van der Waals surface area contributed by atoms with Gasteiger partial charge in [0.1, 0.15) is 17.7 Å². The Morgan fingerprint density at radius 2 is 1.82 bits per heavy atom. The Morgan fingerprint density at radius 3 is 2.18 bits per heavy atom. The minimum absolute atomic E-state index is 0.355. The Kier molecular flexibility index (Phi) is 3.14. The summed E-state index contributed by atoms with van der Waals surface area (Å²) in [5.74, 6) is -1.30. The lowest BCUT2D eigenvalue weighted by Crippen LogP contribution is -2.03. The van der Waals surface area contributed by atoms with Crippen molar-refractivity contribution in [2.75, 3.05) is 0 Å². The number of allylic oxidation sites excluding steroid dienone is 1. The van der Waals surface area contributed by atoms with E-state index in [1.807, 2.05) is 0 Å². The smallest absolute Gasteiger partial charge is 0.354 e. The Morgan fingerprint density at radius 1 is 1.27 bits per heavy atom. The molecule has 0 aromatic carbocycles. The number of ether oxygens (including phenoxy) is 1. The molecule has 0 aliphatic rings. The van der Waals surface area contributed by atoms with Gasteiger partial charge in [-0.1, -0.05) is 6.58 Å². The van der Waals surface area contributed by atoms with Crippen LogP contribution in [0.25, 0.3) is 0 Å². The van der Waals surface area contributed by atoms with E-state index in [4.69, 9.17) is 10.5 Å². The first kappa shape index (κ1) is 8.93. The molecule has 11 heavy (non-hydrogen) atoms. The molecule has 0 N–H and O–H groups in total. The van der Waals surface area contributed by atoms with Crippen LogP contribution >= 0.6 is 0 Å². The molecule has 0 aromatic rings. The van der Waals surface area contributed by atoms with Crippen LogP contribution in [0.1, 0.15) is 0 Å². The van der Waals surface area contributed by atoms with Gasteiger partial charge in [0.25, 0.3) is 0 Å². The van der Waals surface area contributed by atoms with Crippen molar-refractivity contribution >= 4 is 5.97 Å². The summed E-state index contributed by atoms with van der Waals surface area (Å²) in [6.07, 6.45) is 0. The molecule has 4 nitrogen and oxygen atoms in total. The summed E-state index contributed by atoms with van der Waals surface area (Å²) < 4.78 is 4.24. The first-order valence-corrected chi connectivity index (χ1v) is 2.52. The Hall–Kier alpha value is -2.07. The monoisotopic (exact) mass is 148 g/mol. The molecule has 54 valence electrons. The first-order chi connectivity index (χ1) is 5.11. The average molecular weight is 148 g/mol. The van der Waals surface area contributed by atoms with Crippen molar-refractivity contribution in [2.45, 2.75) is 0 Å². The highest BCUT2D eigenvalue weighted by Gasteiger charge is 2.08. The summed E-state index contributed by atoms with van der Waals surface area (Å²) in [5.41, 5.74) is -0.360. The van der Waals surface area contributed by atoms with Gasteiger partial charge in [0, 0.05) is 0 Å². The average Bonchev–Trinajstić information content (AvgIpc) is 2.02. The number of rotatable bonds is 2. The van der Waals surface area contributed by atoms with Crippen LogP contribution < -0.4 is 0 Å². The minimum Gasteiger partial charge on any atom is -0.412 e. The van der Waals surface area contributed by atoms with E-state index in [1.165, 1.54) is 12.1 Å². The quantitative estimate of drug-likeness (QED) is 0.249. The number of hydrogen-bond donors (Lipinski definition) is 0. The van der Waals surface area contributed by atoms with Crippen molar-refractivity contribution < 1.29 is 9.53 Å². The summed E-state index contributed by atoms with van der Waals surface area (Å²) in [7, 11) is 0. The minimum atomic E-state index is -0.945. The highest BCUT2D eigenvalue weighted by atomic mass is 16.5. The zero-order valence-electron chi connectivity index (χ0n) is 5.63. The second-order valence-electron chi connectivity index (χ2n) is 1.51. The SMILES string of the molecule is C=C(C#N)OC(=O)C(=C)C#N. The molecular weight excluding hydrogens is 144 g/mol. The van der Waals surface area contributed by atoms with E-state index in [9.17, 15) is 4.79 Å². The molecule has 0 saturated carbocycles. The van der Waals surface area contributed by atoms with Crippen LogP contribution in [-0.4, -0.2) is 5.97 Å². The van der Waals surface area contributed by atoms with E-state index in [0.717, 1.165) is 0 Å². The molecule has 0 fully saturated rings. The molecule has 0 aliphatic heterocycles. The number of nitriles is 2. The van der Waals surface area contributed by atoms with Crippen LogP contribution in [0.3, 0.4) is 0 Å². The summed E-state index contributed by atoms with van der Waals surface area (Å²) in [6, 6.07) is 2.96. The summed E-state index contributed by atoms with van der Waals surface area (Å²) in [6.45, 7) is 6.15. The van der Waals surface area contributed by atoms with Crippen LogP contribution in [-0.2, 0) is 9.53 Å². The predicted octanol–water partition coefficient (Wildman–Crippen LogP) is 0.647. The molecule has 0 saturated heterocycles. The third-order valence-electron chi connectivity index (χ3n) is 0.722. The van der Waals surface area contributed by atoms with Crippen molar-refractivity contribution in [2.24, 2.45) is 0 Å². The van der Waals surface area contributed by atoms with Crippen LogP contribution in [0, 0.1) is 22.7 Å². The summed E-state index contributed by atoms with van der Waals surface area (Å²) >= 11 is 0. The zero-order valence-corrected chi connectivity index (χ0v) is 5.63. The Labute approximate surface area is 63.6 Å². The van der Waals surface area contributed by atoms with E-state index in [1.54, 1.807) is 0 Å². The van der Waals surface area contributed by atoms with Gasteiger partial charge in [0.05, 0.1) is 0 Å². The largest absolute Gasteiger partial charge is 0.412 e. The van der Waals surface area contributed by atoms with Crippen molar-refractivity contribution in [1.29, 1.82) is 10.5 Å².